The standard InChI is InChI=1S/C25H28Cl2N4O3/c1-14-12-31(15(2)11-30(14)13-16-5-4-6-17(26)7-16)25(34)19-8-18-20(23(32)24(33)28-3)10-29-22(18)9-21(19)27/h4-9,14-15,20,29H,10-13H2,1-3H3,(H,28,33)/t14-,15+,20?/m0/s1. The van der Waals surface area contributed by atoms with E-state index >= 15 is 0 Å². The number of fused-ring (bicyclic) bond motifs is 1. The summed E-state index contributed by atoms with van der Waals surface area (Å²) >= 11 is 12.6. The molecule has 9 heteroatoms. The number of nitrogens with one attached hydrogen (secondary N) is 2. The monoisotopic (exact) mass is 502 g/mol. The molecule has 4 rings (SSSR count). The second-order valence-corrected chi connectivity index (χ2v) is 9.85. The topological polar surface area (TPSA) is 81.8 Å². The van der Waals surface area contributed by atoms with Crippen molar-refractivity contribution in [2.24, 2.45) is 0 Å². The van der Waals surface area contributed by atoms with E-state index in [1.54, 1.807) is 12.1 Å². The lowest BCUT2D eigenvalue weighted by Crippen LogP contribution is -2.57. The second kappa shape index (κ2) is 9.94. The van der Waals surface area contributed by atoms with Crippen LogP contribution in [0.3, 0.4) is 0 Å². The van der Waals surface area contributed by atoms with Crippen LogP contribution in [0.15, 0.2) is 36.4 Å². The minimum atomic E-state index is -0.652. The first-order valence-electron chi connectivity index (χ1n) is 11.3. The van der Waals surface area contributed by atoms with Crippen LogP contribution in [0, 0.1) is 0 Å². The van der Waals surface area contributed by atoms with Gasteiger partial charge in [-0.1, -0.05) is 35.3 Å². The summed E-state index contributed by atoms with van der Waals surface area (Å²) in [5.41, 5.74) is 2.78. The summed E-state index contributed by atoms with van der Waals surface area (Å²) in [7, 11) is 1.43. The van der Waals surface area contributed by atoms with Crippen LogP contribution in [-0.4, -0.2) is 66.2 Å². The van der Waals surface area contributed by atoms with Gasteiger partial charge in [-0.2, -0.15) is 0 Å². The number of anilines is 1. The highest BCUT2D eigenvalue weighted by atomic mass is 35.5. The maximum absolute atomic E-state index is 13.6. The van der Waals surface area contributed by atoms with Crippen LogP contribution in [0.25, 0.3) is 0 Å². The molecule has 0 saturated carbocycles. The van der Waals surface area contributed by atoms with E-state index in [-0.39, 0.29) is 18.0 Å². The van der Waals surface area contributed by atoms with Crippen molar-refractivity contribution in [3.05, 3.63) is 63.1 Å². The van der Waals surface area contributed by atoms with E-state index < -0.39 is 17.6 Å². The number of hydrogen-bond donors (Lipinski definition) is 2. The fraction of sp³-hybridized carbons (Fsp3) is 0.400. The van der Waals surface area contributed by atoms with Gasteiger partial charge in [0, 0.05) is 56.0 Å². The second-order valence-electron chi connectivity index (χ2n) is 9.01. The summed E-state index contributed by atoms with van der Waals surface area (Å²) in [5.74, 6) is -2.01. The summed E-state index contributed by atoms with van der Waals surface area (Å²) in [6.07, 6.45) is 0. The lowest BCUT2D eigenvalue weighted by atomic mass is 9.94. The molecule has 0 aliphatic carbocycles. The van der Waals surface area contributed by atoms with Gasteiger partial charge >= 0.3 is 0 Å². The van der Waals surface area contributed by atoms with Crippen LogP contribution in [0.5, 0.6) is 0 Å². The molecule has 2 amide bonds. The van der Waals surface area contributed by atoms with Crippen molar-refractivity contribution < 1.29 is 14.4 Å². The Morgan fingerprint density at radius 3 is 2.56 bits per heavy atom. The third-order valence-corrected chi connectivity index (χ3v) is 7.21. The van der Waals surface area contributed by atoms with Crippen LogP contribution in [-0.2, 0) is 16.1 Å². The smallest absolute Gasteiger partial charge is 0.287 e. The molecule has 0 aromatic heterocycles. The molecule has 2 aliphatic heterocycles. The lowest BCUT2D eigenvalue weighted by molar-refractivity contribution is -0.138. The molecule has 1 saturated heterocycles. The Kier molecular flexibility index (Phi) is 7.17. The number of amides is 2. The molecule has 3 atom stereocenters. The highest BCUT2D eigenvalue weighted by Crippen LogP contribution is 2.37. The van der Waals surface area contributed by atoms with Crippen molar-refractivity contribution in [3.63, 3.8) is 0 Å². The van der Waals surface area contributed by atoms with Gasteiger partial charge < -0.3 is 15.5 Å². The minimum Gasteiger partial charge on any atom is -0.384 e. The van der Waals surface area contributed by atoms with Gasteiger partial charge in [0.1, 0.15) is 0 Å². The van der Waals surface area contributed by atoms with Crippen molar-refractivity contribution in [2.75, 3.05) is 32.0 Å². The van der Waals surface area contributed by atoms with Crippen LogP contribution in [0.4, 0.5) is 5.69 Å². The summed E-state index contributed by atoms with van der Waals surface area (Å²) in [6, 6.07) is 11.3. The first-order chi connectivity index (χ1) is 16.2. The molecule has 0 spiro atoms. The number of benzene rings is 2. The van der Waals surface area contributed by atoms with Crippen molar-refractivity contribution in [1.82, 2.24) is 15.1 Å². The number of nitrogens with zero attached hydrogens (tertiary/aromatic N) is 2. The predicted molar refractivity (Wildman–Crippen MR) is 134 cm³/mol. The number of likely N-dealkylation sites (N-methyl/N-ethyl adjacent to an activating group) is 1. The highest BCUT2D eigenvalue weighted by Gasteiger charge is 2.36. The van der Waals surface area contributed by atoms with Gasteiger partial charge in [-0.15, -0.1) is 0 Å². The molecule has 0 radical (unpaired) electrons. The van der Waals surface area contributed by atoms with Crippen molar-refractivity contribution in [3.8, 4) is 0 Å². The summed E-state index contributed by atoms with van der Waals surface area (Å²) in [5, 5.41) is 6.53. The molecule has 2 N–H and O–H groups in total. The number of Topliss-reactive ketones (excluding diaryl/α,β-unsaturated/α-hetero) is 1. The van der Waals surface area contributed by atoms with Crippen molar-refractivity contribution in [2.45, 2.75) is 38.4 Å². The average molecular weight is 503 g/mol. The molecule has 2 aliphatic rings. The molecule has 2 heterocycles. The maximum atomic E-state index is 13.6. The Hall–Kier alpha value is -2.61. The van der Waals surface area contributed by atoms with Gasteiger partial charge in [0.05, 0.1) is 16.5 Å². The number of halogens is 2. The van der Waals surface area contributed by atoms with Gasteiger partial charge in [0.2, 0.25) is 5.78 Å². The van der Waals surface area contributed by atoms with Crippen LogP contribution < -0.4 is 10.6 Å². The van der Waals surface area contributed by atoms with Gasteiger partial charge in [0.15, 0.2) is 0 Å². The third kappa shape index (κ3) is 4.78. The van der Waals surface area contributed by atoms with Gasteiger partial charge in [0.25, 0.3) is 11.8 Å². The zero-order valence-corrected chi connectivity index (χ0v) is 20.9. The molecule has 0 bridgehead atoms. The number of carbonyl (C=O) groups is 3. The van der Waals surface area contributed by atoms with Crippen molar-refractivity contribution >= 4 is 46.5 Å². The van der Waals surface area contributed by atoms with E-state index in [0.29, 0.717) is 46.5 Å². The molecule has 34 heavy (non-hydrogen) atoms. The largest absolute Gasteiger partial charge is 0.384 e. The third-order valence-electron chi connectivity index (χ3n) is 6.66. The van der Waals surface area contributed by atoms with E-state index in [0.717, 1.165) is 12.1 Å². The van der Waals surface area contributed by atoms with E-state index in [1.165, 1.54) is 7.05 Å². The fourth-order valence-electron chi connectivity index (χ4n) is 4.76. The number of rotatable bonds is 5. The summed E-state index contributed by atoms with van der Waals surface area (Å²) < 4.78 is 0. The Labute approximate surface area is 209 Å². The number of hydrogen-bond acceptors (Lipinski definition) is 5. The van der Waals surface area contributed by atoms with Gasteiger partial charge in [-0.25, -0.2) is 0 Å². The molecular weight excluding hydrogens is 475 g/mol. The molecular formula is C25H28Cl2N4O3. The zero-order chi connectivity index (χ0) is 24.6. The Morgan fingerprint density at radius 2 is 1.85 bits per heavy atom. The van der Waals surface area contributed by atoms with E-state index in [9.17, 15) is 14.4 Å². The van der Waals surface area contributed by atoms with Crippen LogP contribution in [0.2, 0.25) is 10.0 Å². The first-order valence-corrected chi connectivity index (χ1v) is 12.1. The fourth-order valence-corrected chi connectivity index (χ4v) is 5.22. The lowest BCUT2D eigenvalue weighted by Gasteiger charge is -2.44. The van der Waals surface area contributed by atoms with E-state index in [2.05, 4.69) is 28.5 Å². The number of carbonyl (C=O) groups excluding carboxylic acids is 3. The average Bonchev–Trinajstić information content (AvgIpc) is 3.21. The summed E-state index contributed by atoms with van der Waals surface area (Å²) in [6.45, 7) is 6.43. The molecule has 2 aromatic rings. The van der Waals surface area contributed by atoms with Crippen LogP contribution >= 0.6 is 23.2 Å². The van der Waals surface area contributed by atoms with Gasteiger partial charge in [-0.3, -0.25) is 19.3 Å². The maximum Gasteiger partial charge on any atom is 0.287 e. The molecule has 2 aromatic carbocycles. The van der Waals surface area contributed by atoms with Gasteiger partial charge in [-0.05, 0) is 49.2 Å². The number of ketones is 1. The quantitative estimate of drug-likeness (QED) is 0.610. The number of piperazine rings is 1. The van der Waals surface area contributed by atoms with Crippen LogP contribution in [0.1, 0.15) is 41.3 Å². The SMILES string of the molecule is CNC(=O)C(=O)C1CNc2cc(Cl)c(C(=O)N3C[C@H](C)N(Cc4cccc(Cl)c4)C[C@H]3C)cc21. The predicted octanol–water partition coefficient (Wildman–Crippen LogP) is 3.55. The zero-order valence-electron chi connectivity index (χ0n) is 19.4. The Bertz CT molecular complexity index is 1140. The first kappa shape index (κ1) is 24.5. The highest BCUT2D eigenvalue weighted by molar-refractivity contribution is 6.39. The minimum absolute atomic E-state index is 0.0337. The molecule has 1 fully saturated rings. The molecule has 7 nitrogen and oxygen atoms in total. The molecule has 180 valence electrons. The molecule has 1 unspecified atom stereocenters. The van der Waals surface area contributed by atoms with Crippen molar-refractivity contribution in [1.29, 1.82) is 0 Å². The summed E-state index contributed by atoms with van der Waals surface area (Å²) in [4.78, 5) is 42.2. The van der Waals surface area contributed by atoms with E-state index in [4.69, 9.17) is 23.2 Å². The Balaban J connectivity index is 1.53. The Morgan fingerprint density at radius 1 is 1.09 bits per heavy atom. The van der Waals surface area contributed by atoms with E-state index in [1.807, 2.05) is 30.0 Å². The normalized spacial score (nSPS) is 22.1.